The molecule has 6 nitrogen and oxygen atoms in total. The van der Waals surface area contributed by atoms with Crippen molar-refractivity contribution in [1.82, 2.24) is 19.5 Å². The summed E-state index contributed by atoms with van der Waals surface area (Å²) in [6, 6.07) is 3.82. The predicted octanol–water partition coefficient (Wildman–Crippen LogP) is 3.38. The van der Waals surface area contributed by atoms with Gasteiger partial charge in [0, 0.05) is 11.6 Å². The standard InChI is InChI=1S/C19H21ClN4O2/c1-2-12-8-15-14(9-13(12)20)21-16-17(22-19(26)23-18(16)25)24(15)10-11-6-4-3-5-7-11/h8-9,11H,2-7,10H2,1H3,(H,23,25,26). The Hall–Kier alpha value is -2.21. The molecule has 0 amide bonds. The SMILES string of the molecule is CCc1cc2c(cc1Cl)nc1c(=O)[nH]c(=O)nc-1n2CC1CCCCC1. The van der Waals surface area contributed by atoms with Gasteiger partial charge in [-0.15, -0.1) is 0 Å². The molecule has 3 aliphatic rings. The summed E-state index contributed by atoms with van der Waals surface area (Å²) in [5, 5.41) is 0.640. The molecule has 0 atom stereocenters. The van der Waals surface area contributed by atoms with Crippen molar-refractivity contribution >= 4 is 22.6 Å². The molecule has 2 heterocycles. The van der Waals surface area contributed by atoms with E-state index in [4.69, 9.17) is 11.6 Å². The van der Waals surface area contributed by atoms with Gasteiger partial charge in [0.25, 0.3) is 5.56 Å². The second-order valence-corrected chi connectivity index (χ2v) is 7.46. The van der Waals surface area contributed by atoms with Crippen LogP contribution in [0.1, 0.15) is 44.6 Å². The molecule has 1 fully saturated rings. The first kappa shape index (κ1) is 17.2. The van der Waals surface area contributed by atoms with E-state index in [0.717, 1.165) is 36.9 Å². The first-order valence-corrected chi connectivity index (χ1v) is 9.57. The predicted molar refractivity (Wildman–Crippen MR) is 102 cm³/mol. The van der Waals surface area contributed by atoms with Gasteiger partial charge in [0.05, 0.1) is 11.0 Å². The lowest BCUT2D eigenvalue weighted by Crippen LogP contribution is -2.30. The third kappa shape index (κ3) is 3.03. The molecule has 1 aromatic rings. The third-order valence-corrected chi connectivity index (χ3v) is 5.68. The zero-order valence-corrected chi connectivity index (χ0v) is 15.5. The van der Waals surface area contributed by atoms with Gasteiger partial charge in [-0.05, 0) is 42.9 Å². The number of hydrogen-bond acceptors (Lipinski definition) is 4. The topological polar surface area (TPSA) is 80.6 Å². The van der Waals surface area contributed by atoms with Gasteiger partial charge in [0.2, 0.25) is 0 Å². The number of aromatic nitrogens is 4. The highest BCUT2D eigenvalue weighted by molar-refractivity contribution is 6.32. The second kappa shape index (κ2) is 6.83. The number of hydrogen-bond donors (Lipinski definition) is 1. The number of nitrogens with one attached hydrogen (secondary N) is 1. The van der Waals surface area contributed by atoms with Crippen LogP contribution in [-0.4, -0.2) is 19.5 Å². The van der Waals surface area contributed by atoms with Crippen LogP contribution in [0.2, 0.25) is 5.02 Å². The Morgan fingerprint density at radius 2 is 1.96 bits per heavy atom. The molecular weight excluding hydrogens is 352 g/mol. The van der Waals surface area contributed by atoms with Crippen molar-refractivity contribution in [3.8, 4) is 11.5 Å². The maximum Gasteiger partial charge on any atom is 0.349 e. The van der Waals surface area contributed by atoms with Crippen LogP contribution in [0.3, 0.4) is 0 Å². The van der Waals surface area contributed by atoms with Crippen molar-refractivity contribution in [2.75, 3.05) is 0 Å². The Morgan fingerprint density at radius 1 is 1.19 bits per heavy atom. The lowest BCUT2D eigenvalue weighted by Gasteiger charge is -2.25. The van der Waals surface area contributed by atoms with E-state index in [9.17, 15) is 9.59 Å². The third-order valence-electron chi connectivity index (χ3n) is 5.32. The van der Waals surface area contributed by atoms with Gasteiger partial charge >= 0.3 is 5.69 Å². The average molecular weight is 373 g/mol. The fraction of sp³-hybridized carbons (Fsp3) is 0.474. The first-order valence-electron chi connectivity index (χ1n) is 9.20. The lowest BCUT2D eigenvalue weighted by atomic mass is 9.89. The molecule has 0 saturated heterocycles. The summed E-state index contributed by atoms with van der Waals surface area (Å²) in [5.74, 6) is 0.876. The van der Waals surface area contributed by atoms with Crippen molar-refractivity contribution < 1.29 is 0 Å². The number of nitrogens with zero attached hydrogens (tertiary/aromatic N) is 3. The molecule has 0 aromatic heterocycles. The van der Waals surface area contributed by atoms with E-state index < -0.39 is 11.2 Å². The van der Waals surface area contributed by atoms with E-state index in [0.29, 0.717) is 22.3 Å². The molecule has 136 valence electrons. The van der Waals surface area contributed by atoms with Crippen LogP contribution < -0.4 is 11.2 Å². The summed E-state index contributed by atoms with van der Waals surface area (Å²) >= 11 is 6.36. The number of benzene rings is 1. The molecule has 0 spiro atoms. The number of fused-ring (bicyclic) bond motifs is 2. The van der Waals surface area contributed by atoms with E-state index in [2.05, 4.69) is 15.0 Å². The van der Waals surface area contributed by atoms with Gasteiger partial charge in [-0.2, -0.15) is 4.98 Å². The molecule has 2 aliphatic heterocycles. The Labute approximate surface area is 155 Å². The van der Waals surface area contributed by atoms with Crippen molar-refractivity contribution in [2.45, 2.75) is 52.0 Å². The fourth-order valence-electron chi connectivity index (χ4n) is 3.94. The molecule has 1 aromatic carbocycles. The average Bonchev–Trinajstić information content (AvgIpc) is 2.63. The van der Waals surface area contributed by atoms with Gasteiger partial charge in [-0.1, -0.05) is 37.8 Å². The minimum absolute atomic E-state index is 0.188. The smallest absolute Gasteiger partial charge is 0.322 e. The number of aromatic amines is 1. The number of halogens is 1. The van der Waals surface area contributed by atoms with Gasteiger partial charge in [0.15, 0.2) is 11.5 Å². The molecule has 7 heteroatoms. The summed E-state index contributed by atoms with van der Waals surface area (Å²) in [6.07, 6.45) is 6.82. The Kier molecular flexibility index (Phi) is 4.53. The maximum atomic E-state index is 12.3. The number of rotatable bonds is 3. The Balaban J connectivity index is 2.01. The van der Waals surface area contributed by atoms with Crippen LogP contribution >= 0.6 is 11.6 Å². The number of aryl methyl sites for hydroxylation is 1. The van der Waals surface area contributed by atoms with E-state index in [1.807, 2.05) is 17.6 Å². The Bertz CT molecular complexity index is 1050. The van der Waals surface area contributed by atoms with E-state index in [1.165, 1.54) is 19.3 Å². The van der Waals surface area contributed by atoms with E-state index in [-0.39, 0.29) is 5.69 Å². The van der Waals surface area contributed by atoms with Crippen LogP contribution in [0.5, 0.6) is 0 Å². The summed E-state index contributed by atoms with van der Waals surface area (Å²) in [6.45, 7) is 2.78. The summed E-state index contributed by atoms with van der Waals surface area (Å²) in [5.41, 5.74) is 1.60. The minimum Gasteiger partial charge on any atom is -0.322 e. The maximum absolute atomic E-state index is 12.3. The van der Waals surface area contributed by atoms with E-state index >= 15 is 0 Å². The van der Waals surface area contributed by atoms with Crippen molar-refractivity contribution in [2.24, 2.45) is 5.92 Å². The van der Waals surface area contributed by atoms with Gasteiger partial charge in [0.1, 0.15) is 0 Å². The highest BCUT2D eigenvalue weighted by atomic mass is 35.5. The fourth-order valence-corrected chi connectivity index (χ4v) is 4.23. The number of H-pyrrole nitrogens is 1. The van der Waals surface area contributed by atoms with E-state index in [1.54, 1.807) is 6.07 Å². The van der Waals surface area contributed by atoms with Gasteiger partial charge in [-0.3, -0.25) is 9.78 Å². The van der Waals surface area contributed by atoms with Crippen molar-refractivity contribution in [3.63, 3.8) is 0 Å². The minimum atomic E-state index is -0.634. The van der Waals surface area contributed by atoms with Crippen molar-refractivity contribution in [3.05, 3.63) is 43.6 Å². The molecule has 4 rings (SSSR count). The highest BCUT2D eigenvalue weighted by Gasteiger charge is 2.22. The largest absolute Gasteiger partial charge is 0.349 e. The van der Waals surface area contributed by atoms with Crippen LogP contribution in [0.25, 0.3) is 22.6 Å². The second-order valence-electron chi connectivity index (χ2n) is 7.06. The molecule has 0 radical (unpaired) electrons. The molecule has 1 N–H and O–H groups in total. The Morgan fingerprint density at radius 3 is 2.69 bits per heavy atom. The lowest BCUT2D eigenvalue weighted by molar-refractivity contribution is 0.322. The monoisotopic (exact) mass is 372 g/mol. The quantitative estimate of drug-likeness (QED) is 0.714. The summed E-state index contributed by atoms with van der Waals surface area (Å²) in [7, 11) is 0. The van der Waals surface area contributed by atoms with Gasteiger partial charge < -0.3 is 4.57 Å². The molecule has 26 heavy (non-hydrogen) atoms. The highest BCUT2D eigenvalue weighted by Crippen LogP contribution is 2.31. The molecule has 0 bridgehead atoms. The zero-order valence-electron chi connectivity index (χ0n) is 14.7. The summed E-state index contributed by atoms with van der Waals surface area (Å²) < 4.78 is 2.00. The van der Waals surface area contributed by atoms with Crippen LogP contribution in [-0.2, 0) is 13.0 Å². The normalized spacial score (nSPS) is 15.8. The summed E-state index contributed by atoms with van der Waals surface area (Å²) in [4.78, 5) is 34.9. The first-order chi connectivity index (χ1) is 12.6. The molecule has 1 aliphatic carbocycles. The van der Waals surface area contributed by atoms with Crippen LogP contribution in [0.4, 0.5) is 0 Å². The molecule has 1 saturated carbocycles. The van der Waals surface area contributed by atoms with Crippen LogP contribution in [0, 0.1) is 5.92 Å². The van der Waals surface area contributed by atoms with Crippen molar-refractivity contribution in [1.29, 1.82) is 0 Å². The zero-order chi connectivity index (χ0) is 18.3. The molecule has 0 unspecified atom stereocenters. The van der Waals surface area contributed by atoms with Gasteiger partial charge in [-0.25, -0.2) is 9.78 Å². The molecular formula is C19H21ClN4O2. The van der Waals surface area contributed by atoms with Crippen LogP contribution in [0.15, 0.2) is 21.7 Å².